The van der Waals surface area contributed by atoms with Crippen LogP contribution >= 0.6 is 0 Å². The lowest BCUT2D eigenvalue weighted by molar-refractivity contribution is 0.102. The maximum absolute atomic E-state index is 12.9. The maximum atomic E-state index is 12.9. The number of carbonyl (C=O) groups excluding carboxylic acids is 1. The topological polar surface area (TPSA) is 61.6 Å². The van der Waals surface area contributed by atoms with Gasteiger partial charge in [0.1, 0.15) is 5.52 Å². The van der Waals surface area contributed by atoms with Crippen LogP contribution in [-0.2, 0) is 0 Å². The molecule has 6 heteroatoms. The summed E-state index contributed by atoms with van der Waals surface area (Å²) in [7, 11) is 2.15. The SMILES string of the molecule is CN1CCN(c2ccc(NC(=O)c3ccc4noc(-c5ccccc5)c4c3)cc2)CC1. The van der Waals surface area contributed by atoms with Gasteiger partial charge in [0.15, 0.2) is 5.76 Å². The number of hydrogen-bond donors (Lipinski definition) is 1. The molecule has 1 saturated heterocycles. The molecule has 0 bridgehead atoms. The molecule has 0 aliphatic carbocycles. The summed E-state index contributed by atoms with van der Waals surface area (Å²) in [6.45, 7) is 4.17. The first kappa shape index (κ1) is 19.3. The lowest BCUT2D eigenvalue weighted by atomic mass is 10.1. The number of benzene rings is 3. The van der Waals surface area contributed by atoms with Gasteiger partial charge >= 0.3 is 0 Å². The van der Waals surface area contributed by atoms with Crippen LogP contribution in [0.2, 0.25) is 0 Å². The number of piperazine rings is 1. The van der Waals surface area contributed by atoms with Gasteiger partial charge in [0, 0.05) is 48.7 Å². The molecule has 0 saturated carbocycles. The van der Waals surface area contributed by atoms with E-state index in [0.29, 0.717) is 11.3 Å². The Bertz CT molecular complexity index is 1190. The number of amides is 1. The molecule has 4 aromatic rings. The Morgan fingerprint density at radius 2 is 1.68 bits per heavy atom. The van der Waals surface area contributed by atoms with Gasteiger partial charge in [-0.05, 0) is 49.5 Å². The number of nitrogens with zero attached hydrogens (tertiary/aromatic N) is 3. The molecule has 5 rings (SSSR count). The molecular weight excluding hydrogens is 388 g/mol. The number of likely N-dealkylation sites (N-methyl/N-ethyl adjacent to an activating group) is 1. The van der Waals surface area contributed by atoms with Crippen LogP contribution in [0.5, 0.6) is 0 Å². The van der Waals surface area contributed by atoms with Gasteiger partial charge in [-0.2, -0.15) is 0 Å². The molecule has 1 N–H and O–H groups in total. The molecule has 1 amide bonds. The summed E-state index contributed by atoms with van der Waals surface area (Å²) < 4.78 is 5.54. The van der Waals surface area contributed by atoms with Crippen LogP contribution in [0.3, 0.4) is 0 Å². The number of anilines is 2. The Labute approximate surface area is 181 Å². The van der Waals surface area contributed by atoms with Gasteiger partial charge in [-0.3, -0.25) is 4.79 Å². The van der Waals surface area contributed by atoms with E-state index in [1.54, 1.807) is 6.07 Å². The van der Waals surface area contributed by atoms with Gasteiger partial charge in [0.2, 0.25) is 0 Å². The zero-order chi connectivity index (χ0) is 21.2. The summed E-state index contributed by atoms with van der Waals surface area (Å²) in [4.78, 5) is 17.6. The third-order valence-corrected chi connectivity index (χ3v) is 5.77. The number of carbonyl (C=O) groups is 1. The molecule has 0 atom stereocenters. The van der Waals surface area contributed by atoms with Gasteiger partial charge in [-0.25, -0.2) is 0 Å². The highest BCUT2D eigenvalue weighted by Crippen LogP contribution is 2.29. The summed E-state index contributed by atoms with van der Waals surface area (Å²) in [5.41, 5.74) is 4.19. The predicted molar refractivity (Wildman–Crippen MR) is 124 cm³/mol. The molecule has 0 spiro atoms. The Hall–Kier alpha value is -3.64. The Kier molecular flexibility index (Phi) is 5.14. The summed E-state index contributed by atoms with van der Waals surface area (Å²) >= 11 is 0. The summed E-state index contributed by atoms with van der Waals surface area (Å²) in [6.07, 6.45) is 0. The summed E-state index contributed by atoms with van der Waals surface area (Å²) in [5, 5.41) is 7.94. The van der Waals surface area contributed by atoms with Crippen LogP contribution in [0, 0.1) is 0 Å². The van der Waals surface area contributed by atoms with Crippen molar-refractivity contribution in [3.05, 3.63) is 78.4 Å². The molecule has 3 aromatic carbocycles. The van der Waals surface area contributed by atoms with E-state index in [9.17, 15) is 4.79 Å². The largest absolute Gasteiger partial charge is 0.369 e. The molecule has 2 heterocycles. The van der Waals surface area contributed by atoms with Gasteiger partial charge in [-0.1, -0.05) is 35.5 Å². The highest BCUT2D eigenvalue weighted by atomic mass is 16.5. The number of fused-ring (bicyclic) bond motifs is 1. The van der Waals surface area contributed by atoms with Crippen molar-refractivity contribution in [2.75, 3.05) is 43.4 Å². The minimum Gasteiger partial charge on any atom is -0.369 e. The third kappa shape index (κ3) is 4.02. The number of nitrogens with one attached hydrogen (secondary N) is 1. The highest BCUT2D eigenvalue weighted by molar-refractivity contribution is 6.07. The average molecular weight is 412 g/mol. The zero-order valence-electron chi connectivity index (χ0n) is 17.4. The van der Waals surface area contributed by atoms with Crippen LogP contribution in [0.15, 0.2) is 77.3 Å². The third-order valence-electron chi connectivity index (χ3n) is 5.77. The molecule has 0 unspecified atom stereocenters. The van der Waals surface area contributed by atoms with Crippen molar-refractivity contribution in [2.45, 2.75) is 0 Å². The smallest absolute Gasteiger partial charge is 0.255 e. The molecule has 1 aliphatic rings. The van der Waals surface area contributed by atoms with Crippen molar-refractivity contribution < 1.29 is 9.32 Å². The first-order valence-corrected chi connectivity index (χ1v) is 10.5. The van der Waals surface area contributed by atoms with Gasteiger partial charge in [0.05, 0.1) is 5.39 Å². The number of rotatable bonds is 4. The molecule has 31 heavy (non-hydrogen) atoms. The van der Waals surface area contributed by atoms with Crippen LogP contribution in [-0.4, -0.2) is 49.2 Å². The first-order chi connectivity index (χ1) is 15.2. The molecule has 0 radical (unpaired) electrons. The fourth-order valence-corrected chi connectivity index (χ4v) is 3.90. The van der Waals surface area contributed by atoms with Crippen LogP contribution in [0.4, 0.5) is 11.4 Å². The van der Waals surface area contributed by atoms with E-state index in [4.69, 9.17) is 4.52 Å². The summed E-state index contributed by atoms with van der Waals surface area (Å²) in [5.74, 6) is 0.510. The molecule has 1 aliphatic heterocycles. The van der Waals surface area contributed by atoms with Crippen molar-refractivity contribution in [3.63, 3.8) is 0 Å². The second-order valence-corrected chi connectivity index (χ2v) is 7.90. The molecule has 156 valence electrons. The van der Waals surface area contributed by atoms with E-state index >= 15 is 0 Å². The normalized spacial score (nSPS) is 14.7. The zero-order valence-corrected chi connectivity index (χ0v) is 17.4. The predicted octanol–water partition coefficient (Wildman–Crippen LogP) is 4.50. The number of aromatic nitrogens is 1. The van der Waals surface area contributed by atoms with E-state index in [0.717, 1.165) is 48.3 Å². The second kappa shape index (κ2) is 8.24. The second-order valence-electron chi connectivity index (χ2n) is 7.90. The van der Waals surface area contributed by atoms with Crippen LogP contribution in [0.1, 0.15) is 10.4 Å². The quantitative estimate of drug-likeness (QED) is 0.535. The Balaban J connectivity index is 1.33. The lowest BCUT2D eigenvalue weighted by Gasteiger charge is -2.34. The average Bonchev–Trinajstić information content (AvgIpc) is 3.24. The Morgan fingerprint density at radius 1 is 0.935 bits per heavy atom. The fourth-order valence-electron chi connectivity index (χ4n) is 3.90. The first-order valence-electron chi connectivity index (χ1n) is 10.5. The van der Waals surface area contributed by atoms with Crippen molar-refractivity contribution in [1.82, 2.24) is 10.1 Å². The Morgan fingerprint density at radius 3 is 2.42 bits per heavy atom. The highest BCUT2D eigenvalue weighted by Gasteiger charge is 2.16. The fraction of sp³-hybridized carbons (Fsp3) is 0.200. The monoisotopic (exact) mass is 412 g/mol. The minimum absolute atomic E-state index is 0.158. The van der Waals surface area contributed by atoms with Crippen LogP contribution in [0.25, 0.3) is 22.2 Å². The van der Waals surface area contributed by atoms with Crippen molar-refractivity contribution in [3.8, 4) is 11.3 Å². The van der Waals surface area contributed by atoms with Crippen LogP contribution < -0.4 is 10.2 Å². The molecular formula is C25H24N4O2. The van der Waals surface area contributed by atoms with E-state index in [2.05, 4.69) is 39.5 Å². The van der Waals surface area contributed by atoms with Gasteiger partial charge in [-0.15, -0.1) is 0 Å². The van der Waals surface area contributed by atoms with Crippen molar-refractivity contribution in [2.24, 2.45) is 0 Å². The van der Waals surface area contributed by atoms with E-state index < -0.39 is 0 Å². The lowest BCUT2D eigenvalue weighted by Crippen LogP contribution is -2.44. The van der Waals surface area contributed by atoms with E-state index in [-0.39, 0.29) is 5.91 Å². The minimum atomic E-state index is -0.158. The van der Waals surface area contributed by atoms with E-state index in [1.807, 2.05) is 54.6 Å². The van der Waals surface area contributed by atoms with E-state index in [1.165, 1.54) is 5.69 Å². The standard InChI is InChI=1S/C25H24N4O2/c1-28-13-15-29(16-14-28)21-10-8-20(9-11-21)26-25(30)19-7-12-23-22(17-19)24(31-27-23)18-5-3-2-4-6-18/h2-12,17H,13-16H2,1H3,(H,26,30). The van der Waals surface area contributed by atoms with Gasteiger partial charge < -0.3 is 19.6 Å². The molecule has 1 aromatic heterocycles. The van der Waals surface area contributed by atoms with Crippen molar-refractivity contribution >= 4 is 28.2 Å². The maximum Gasteiger partial charge on any atom is 0.255 e. The number of hydrogen-bond acceptors (Lipinski definition) is 5. The summed E-state index contributed by atoms with van der Waals surface area (Å²) in [6, 6.07) is 23.3. The molecule has 1 fully saturated rings. The molecule has 6 nitrogen and oxygen atoms in total. The van der Waals surface area contributed by atoms with Gasteiger partial charge in [0.25, 0.3) is 5.91 Å². The van der Waals surface area contributed by atoms with Crippen molar-refractivity contribution in [1.29, 1.82) is 0 Å².